The van der Waals surface area contributed by atoms with E-state index in [1.807, 2.05) is 0 Å². The highest BCUT2D eigenvalue weighted by Crippen LogP contribution is 2.23. The molecule has 3 rings (SSSR count). The molecule has 0 bridgehead atoms. The molecule has 2 heterocycles. The summed E-state index contributed by atoms with van der Waals surface area (Å²) >= 11 is 0. The molecule has 2 aliphatic heterocycles. The Balaban J connectivity index is 0.00000196. The van der Waals surface area contributed by atoms with Gasteiger partial charge in [-0.15, -0.1) is 0 Å². The Bertz CT molecular complexity index is 571. The summed E-state index contributed by atoms with van der Waals surface area (Å²) in [6.45, 7) is 15.4. The third-order valence-electron chi connectivity index (χ3n) is 5.90. The van der Waals surface area contributed by atoms with Crippen LogP contribution in [0.15, 0.2) is 12.1 Å². The van der Waals surface area contributed by atoms with Crippen LogP contribution < -0.4 is 35.2 Å². The third kappa shape index (κ3) is 6.98. The van der Waals surface area contributed by atoms with Gasteiger partial charge in [0.25, 0.3) is 0 Å². The monoisotopic (exact) mass is 494 g/mol. The Labute approximate surface area is 195 Å². The lowest BCUT2D eigenvalue weighted by Crippen LogP contribution is -3.00. The molecule has 0 radical (unpaired) electrons. The number of rotatable bonds is 6. The average Bonchev–Trinajstić information content (AvgIpc) is 3.19. The minimum absolute atomic E-state index is 0. The van der Waals surface area contributed by atoms with Crippen molar-refractivity contribution in [2.24, 2.45) is 0 Å². The molecule has 0 N–H and O–H groups in total. The Hall–Kier alpha value is 0.934. The maximum Gasteiger partial charge on any atom is 0.133 e. The zero-order valence-electron chi connectivity index (χ0n) is 18.8. The van der Waals surface area contributed by atoms with E-state index in [1.54, 1.807) is 21.5 Å². The smallest absolute Gasteiger partial charge is 0.133 e. The fourth-order valence-corrected chi connectivity index (χ4v) is 13.0. The van der Waals surface area contributed by atoms with E-state index in [9.17, 15) is 0 Å². The van der Waals surface area contributed by atoms with Crippen molar-refractivity contribution >= 4 is 48.3 Å². The van der Waals surface area contributed by atoms with Gasteiger partial charge in [-0.25, -0.2) is 0 Å². The summed E-state index contributed by atoms with van der Waals surface area (Å²) in [4.78, 5) is 0. The van der Waals surface area contributed by atoms with Gasteiger partial charge in [-0.05, 0) is 47.5 Å². The quantitative estimate of drug-likeness (QED) is 0.337. The maximum absolute atomic E-state index is 2.75. The van der Waals surface area contributed by atoms with Crippen LogP contribution in [-0.4, -0.2) is 39.2 Å². The third-order valence-corrected chi connectivity index (χ3v) is 15.0. The van der Waals surface area contributed by atoms with Crippen molar-refractivity contribution in [3.63, 3.8) is 0 Å². The molecule has 0 aromatic heterocycles. The molecule has 2 saturated heterocycles. The number of halogens is 2. The number of benzene rings is 1. The molecule has 0 amide bonds. The van der Waals surface area contributed by atoms with Crippen molar-refractivity contribution in [3.05, 3.63) is 23.3 Å². The fraction of sp³-hybridized carbons (Fsp3) is 0.727. The van der Waals surface area contributed by atoms with E-state index >= 15 is 0 Å². The second-order valence-electron chi connectivity index (χ2n) is 10.4. The fourth-order valence-electron chi connectivity index (χ4n) is 4.48. The van der Waals surface area contributed by atoms with Gasteiger partial charge in [0.2, 0.25) is 0 Å². The van der Waals surface area contributed by atoms with Crippen LogP contribution >= 0.6 is 0 Å². The zero-order valence-corrected chi connectivity index (χ0v) is 23.9. The molecule has 162 valence electrons. The average molecular weight is 496 g/mol. The van der Waals surface area contributed by atoms with Crippen molar-refractivity contribution in [3.8, 4) is 0 Å². The van der Waals surface area contributed by atoms with E-state index in [2.05, 4.69) is 51.4 Å². The Morgan fingerprint density at radius 1 is 0.607 bits per heavy atom. The highest BCUT2D eigenvalue weighted by molar-refractivity contribution is 7.96. The second kappa shape index (κ2) is 11.0. The van der Waals surface area contributed by atoms with Gasteiger partial charge in [0.15, 0.2) is 0 Å². The summed E-state index contributed by atoms with van der Waals surface area (Å²) in [5.41, 5.74) is 3.54. The first-order chi connectivity index (χ1) is 12.1. The van der Waals surface area contributed by atoms with Crippen LogP contribution in [-0.2, 0) is 33.3 Å². The lowest BCUT2D eigenvalue weighted by atomic mass is 10.1. The summed E-state index contributed by atoms with van der Waals surface area (Å²) in [7, 11) is -1.25. The van der Waals surface area contributed by atoms with Gasteiger partial charge >= 0.3 is 0 Å². The summed E-state index contributed by atoms with van der Waals surface area (Å²) in [5, 5.41) is 3.60. The Morgan fingerprint density at radius 3 is 1.14 bits per heavy atom. The van der Waals surface area contributed by atoms with E-state index in [1.165, 1.54) is 60.2 Å². The first kappa shape index (κ1) is 27.0. The molecule has 0 saturated carbocycles. The summed E-state index contributed by atoms with van der Waals surface area (Å²) in [5.74, 6) is 8.78. The minimum Gasteiger partial charge on any atom is -1.00 e. The van der Waals surface area contributed by atoms with Crippen LogP contribution in [0.1, 0.15) is 36.8 Å². The Morgan fingerprint density at radius 2 is 0.893 bits per heavy atom. The van der Waals surface area contributed by atoms with E-state index in [-0.39, 0.29) is 24.8 Å². The normalized spacial score (nSPS) is 18.8. The first-order valence-corrected chi connectivity index (χ1v) is 21.1. The van der Waals surface area contributed by atoms with Crippen LogP contribution in [0.2, 0.25) is 39.3 Å². The Kier molecular flexibility index (Phi) is 10.6. The van der Waals surface area contributed by atoms with E-state index in [4.69, 9.17) is 0 Å². The molecule has 28 heavy (non-hydrogen) atoms. The number of hydrogen-bond acceptors (Lipinski definition) is 0. The van der Waals surface area contributed by atoms with Crippen LogP contribution in [0, 0.1) is 0 Å². The van der Waals surface area contributed by atoms with Crippen LogP contribution in [0.5, 0.6) is 0 Å². The lowest BCUT2D eigenvalue weighted by Gasteiger charge is -2.27. The van der Waals surface area contributed by atoms with Crippen LogP contribution in [0.3, 0.4) is 0 Å². The topological polar surface area (TPSA) is 0 Å². The van der Waals surface area contributed by atoms with Gasteiger partial charge in [-0.2, -0.15) is 0 Å². The summed E-state index contributed by atoms with van der Waals surface area (Å²) < 4.78 is 0. The van der Waals surface area contributed by atoms with Crippen molar-refractivity contribution < 1.29 is 24.8 Å². The molecular formula is C22H40Cl2S2Si2. The van der Waals surface area contributed by atoms with Gasteiger partial charge in [-0.1, -0.05) is 61.8 Å². The molecule has 2 aliphatic rings. The molecule has 0 spiro atoms. The van der Waals surface area contributed by atoms with Gasteiger partial charge in [-0.3, -0.25) is 0 Å². The molecule has 1 aromatic carbocycles. The predicted octanol–water partition coefficient (Wildman–Crippen LogP) is -1.39. The van der Waals surface area contributed by atoms with Crippen molar-refractivity contribution in [1.29, 1.82) is 0 Å². The zero-order chi connectivity index (χ0) is 18.9. The van der Waals surface area contributed by atoms with E-state index in [0.29, 0.717) is 21.8 Å². The summed E-state index contributed by atoms with van der Waals surface area (Å²) in [6, 6.07) is 5.50. The molecule has 1 aromatic rings. The standard InChI is InChI=1S/C22H40S2Si2.2ClH/c1-25(2,3)21-15-20(18-24-13-9-10-14-24)22(26(4,5)6)16-19(21)17-23-11-7-8-12-23;;/h15-16H,7-14,17-18H2,1-6H3;2*1H/q+2;;/p-2. The minimum atomic E-state index is -1.30. The largest absolute Gasteiger partial charge is 1.00 e. The van der Waals surface area contributed by atoms with Gasteiger partial charge in [0.05, 0.1) is 16.1 Å². The maximum atomic E-state index is 2.75. The first-order valence-electron chi connectivity index (χ1n) is 10.6. The molecular weight excluding hydrogens is 455 g/mol. The second-order valence-corrected chi connectivity index (χ2v) is 25.1. The molecule has 0 nitrogen and oxygen atoms in total. The SMILES string of the molecule is C[Si](C)(C)c1cc(C[S+]2CCCC2)c([Si](C)(C)C)cc1C[S+]1CCCC1.[Cl-].[Cl-]. The van der Waals surface area contributed by atoms with Crippen molar-refractivity contribution in [2.45, 2.75) is 76.5 Å². The molecule has 6 heteroatoms. The van der Waals surface area contributed by atoms with E-state index in [0.717, 1.165) is 0 Å². The lowest BCUT2D eigenvalue weighted by molar-refractivity contribution is -0.001000. The summed E-state index contributed by atoms with van der Waals surface area (Å²) in [6.07, 6.45) is 5.92. The highest BCUT2D eigenvalue weighted by atomic mass is 35.5. The van der Waals surface area contributed by atoms with Crippen molar-refractivity contribution in [1.82, 2.24) is 0 Å². The van der Waals surface area contributed by atoms with Crippen LogP contribution in [0.25, 0.3) is 0 Å². The van der Waals surface area contributed by atoms with Gasteiger partial charge < -0.3 is 24.8 Å². The highest BCUT2D eigenvalue weighted by Gasteiger charge is 2.33. The van der Waals surface area contributed by atoms with Crippen LogP contribution in [0.4, 0.5) is 0 Å². The molecule has 0 atom stereocenters. The van der Waals surface area contributed by atoms with Crippen molar-refractivity contribution in [2.75, 3.05) is 23.0 Å². The molecule has 2 fully saturated rings. The van der Waals surface area contributed by atoms with E-state index < -0.39 is 16.1 Å². The number of hydrogen-bond donors (Lipinski definition) is 0. The predicted molar refractivity (Wildman–Crippen MR) is 132 cm³/mol. The van der Waals surface area contributed by atoms with Gasteiger partial charge in [0, 0.05) is 11.1 Å². The molecule has 0 aliphatic carbocycles. The molecule has 0 unspecified atom stereocenters. The van der Waals surface area contributed by atoms with Gasteiger partial charge in [0.1, 0.15) is 34.5 Å².